The molecule has 1 saturated carbocycles. The third kappa shape index (κ3) is 2.80. The molecule has 96 valence electrons. The molecular formula is C15H30O. The Morgan fingerprint density at radius 3 is 2.12 bits per heavy atom. The van der Waals surface area contributed by atoms with E-state index in [-0.39, 0.29) is 5.60 Å². The second kappa shape index (κ2) is 5.08. The van der Waals surface area contributed by atoms with E-state index in [4.69, 9.17) is 0 Å². The normalized spacial score (nSPS) is 33.8. The van der Waals surface area contributed by atoms with Gasteiger partial charge in [-0.3, -0.25) is 0 Å². The Labute approximate surface area is 102 Å². The highest BCUT2D eigenvalue weighted by molar-refractivity contribution is 4.92. The Morgan fingerprint density at radius 2 is 1.75 bits per heavy atom. The topological polar surface area (TPSA) is 20.2 Å². The maximum atomic E-state index is 10.6. The Bertz CT molecular complexity index is 211. The fraction of sp³-hybridized carbons (Fsp3) is 1.00. The zero-order valence-corrected chi connectivity index (χ0v) is 11.8. The predicted octanol–water partition coefficient (Wildman–Crippen LogP) is 4.39. The van der Waals surface area contributed by atoms with Crippen molar-refractivity contribution < 1.29 is 5.11 Å². The summed E-state index contributed by atoms with van der Waals surface area (Å²) < 4.78 is 0. The molecule has 1 unspecified atom stereocenters. The summed E-state index contributed by atoms with van der Waals surface area (Å²) in [5.41, 5.74) is 0.0891. The molecule has 0 saturated heterocycles. The van der Waals surface area contributed by atoms with Gasteiger partial charge in [0.2, 0.25) is 0 Å². The highest BCUT2D eigenvalue weighted by Gasteiger charge is 2.40. The third-order valence-electron chi connectivity index (χ3n) is 5.40. The molecule has 0 aromatic rings. The fourth-order valence-corrected chi connectivity index (χ4v) is 3.06. The summed E-state index contributed by atoms with van der Waals surface area (Å²) in [5.74, 6) is 1.26. The lowest BCUT2D eigenvalue weighted by atomic mass is 9.64. The van der Waals surface area contributed by atoms with Crippen molar-refractivity contribution in [3.05, 3.63) is 0 Å². The van der Waals surface area contributed by atoms with Crippen LogP contribution in [-0.2, 0) is 0 Å². The lowest BCUT2D eigenvalue weighted by Crippen LogP contribution is -2.42. The van der Waals surface area contributed by atoms with Crippen LogP contribution in [0.4, 0.5) is 0 Å². The summed E-state index contributed by atoms with van der Waals surface area (Å²) in [6, 6.07) is 0. The average molecular weight is 226 g/mol. The second-order valence-electron chi connectivity index (χ2n) is 6.53. The highest BCUT2D eigenvalue weighted by Crippen LogP contribution is 2.45. The van der Waals surface area contributed by atoms with E-state index in [0.717, 1.165) is 25.2 Å². The lowest BCUT2D eigenvalue weighted by molar-refractivity contribution is -0.0675. The van der Waals surface area contributed by atoms with E-state index in [2.05, 4.69) is 34.6 Å². The maximum Gasteiger partial charge on any atom is 0.0673 e. The van der Waals surface area contributed by atoms with Crippen LogP contribution in [0.2, 0.25) is 0 Å². The maximum absolute atomic E-state index is 10.6. The first-order valence-electron chi connectivity index (χ1n) is 7.08. The van der Waals surface area contributed by atoms with Crippen LogP contribution in [0.1, 0.15) is 73.1 Å². The monoisotopic (exact) mass is 226 g/mol. The molecule has 0 aromatic heterocycles. The zero-order valence-electron chi connectivity index (χ0n) is 11.8. The Hall–Kier alpha value is -0.0400. The summed E-state index contributed by atoms with van der Waals surface area (Å²) in [4.78, 5) is 0. The molecule has 1 rings (SSSR count). The van der Waals surface area contributed by atoms with E-state index >= 15 is 0 Å². The van der Waals surface area contributed by atoms with Gasteiger partial charge in [0, 0.05) is 0 Å². The minimum absolute atomic E-state index is 0.366. The number of rotatable bonds is 4. The van der Waals surface area contributed by atoms with E-state index in [0.29, 0.717) is 11.3 Å². The van der Waals surface area contributed by atoms with Crippen LogP contribution in [-0.4, -0.2) is 10.7 Å². The summed E-state index contributed by atoms with van der Waals surface area (Å²) in [6.45, 7) is 11.4. The van der Waals surface area contributed by atoms with E-state index in [1.54, 1.807) is 0 Å². The van der Waals surface area contributed by atoms with Gasteiger partial charge in [-0.1, -0.05) is 47.5 Å². The molecule has 16 heavy (non-hydrogen) atoms. The molecule has 1 aliphatic rings. The summed E-state index contributed by atoms with van der Waals surface area (Å²) in [7, 11) is 0. The Kier molecular flexibility index (Phi) is 4.45. The van der Waals surface area contributed by atoms with E-state index in [9.17, 15) is 5.11 Å². The zero-order chi connectivity index (χ0) is 12.4. The lowest BCUT2D eigenvalue weighted by Gasteiger charge is -2.45. The fourth-order valence-electron chi connectivity index (χ4n) is 3.06. The van der Waals surface area contributed by atoms with Crippen LogP contribution in [0.3, 0.4) is 0 Å². The summed E-state index contributed by atoms with van der Waals surface area (Å²) in [5, 5.41) is 10.6. The molecule has 0 radical (unpaired) electrons. The minimum atomic E-state index is -0.366. The number of hydrogen-bond donors (Lipinski definition) is 1. The van der Waals surface area contributed by atoms with Gasteiger partial charge in [0.05, 0.1) is 5.60 Å². The first-order valence-corrected chi connectivity index (χ1v) is 7.08. The quantitative estimate of drug-likeness (QED) is 0.753. The van der Waals surface area contributed by atoms with Crippen LogP contribution in [0, 0.1) is 17.3 Å². The van der Waals surface area contributed by atoms with Crippen LogP contribution < -0.4 is 0 Å². The first-order chi connectivity index (χ1) is 7.35. The molecule has 1 nitrogen and oxygen atoms in total. The van der Waals surface area contributed by atoms with Gasteiger partial charge in [0.1, 0.15) is 0 Å². The molecule has 1 aliphatic carbocycles. The van der Waals surface area contributed by atoms with Crippen molar-refractivity contribution in [2.75, 3.05) is 0 Å². The number of hydrogen-bond acceptors (Lipinski definition) is 1. The smallest absolute Gasteiger partial charge is 0.0673 e. The van der Waals surface area contributed by atoms with Crippen molar-refractivity contribution in [1.82, 2.24) is 0 Å². The molecular weight excluding hydrogens is 196 g/mol. The van der Waals surface area contributed by atoms with E-state index < -0.39 is 0 Å². The van der Waals surface area contributed by atoms with Crippen LogP contribution in [0.15, 0.2) is 0 Å². The van der Waals surface area contributed by atoms with Gasteiger partial charge in [-0.15, -0.1) is 0 Å². The van der Waals surface area contributed by atoms with Crippen molar-refractivity contribution in [2.45, 2.75) is 78.7 Å². The van der Waals surface area contributed by atoms with Gasteiger partial charge in [0.15, 0.2) is 0 Å². The molecule has 0 spiro atoms. The molecule has 0 aliphatic heterocycles. The van der Waals surface area contributed by atoms with Gasteiger partial charge in [-0.2, -0.15) is 0 Å². The Morgan fingerprint density at radius 1 is 1.25 bits per heavy atom. The van der Waals surface area contributed by atoms with Gasteiger partial charge < -0.3 is 5.11 Å². The van der Waals surface area contributed by atoms with Gasteiger partial charge in [-0.05, 0) is 42.9 Å². The first kappa shape index (κ1) is 14.0. The highest BCUT2D eigenvalue weighted by atomic mass is 16.3. The van der Waals surface area contributed by atoms with Crippen LogP contribution >= 0.6 is 0 Å². The summed E-state index contributed by atoms with van der Waals surface area (Å²) in [6.07, 6.45) is 6.79. The largest absolute Gasteiger partial charge is 0.390 e. The van der Waals surface area contributed by atoms with Gasteiger partial charge in [0.25, 0.3) is 0 Å². The van der Waals surface area contributed by atoms with Crippen molar-refractivity contribution in [3.63, 3.8) is 0 Å². The molecule has 0 amide bonds. The van der Waals surface area contributed by atoms with Crippen molar-refractivity contribution >= 4 is 0 Å². The second-order valence-corrected chi connectivity index (χ2v) is 6.53. The SMILES string of the molecule is CCC(C)C1(O)CCC(C(C)(C)CC)CC1. The minimum Gasteiger partial charge on any atom is -0.390 e. The van der Waals surface area contributed by atoms with Crippen LogP contribution in [0.25, 0.3) is 0 Å². The third-order valence-corrected chi connectivity index (χ3v) is 5.40. The number of aliphatic hydroxyl groups is 1. The van der Waals surface area contributed by atoms with Gasteiger partial charge >= 0.3 is 0 Å². The van der Waals surface area contributed by atoms with Crippen molar-refractivity contribution in [1.29, 1.82) is 0 Å². The molecule has 1 heteroatoms. The van der Waals surface area contributed by atoms with Crippen LogP contribution in [0.5, 0.6) is 0 Å². The van der Waals surface area contributed by atoms with E-state index in [1.165, 1.54) is 19.3 Å². The van der Waals surface area contributed by atoms with Gasteiger partial charge in [-0.25, -0.2) is 0 Å². The van der Waals surface area contributed by atoms with E-state index in [1.807, 2.05) is 0 Å². The Balaban J connectivity index is 2.57. The molecule has 0 heterocycles. The molecule has 1 N–H and O–H groups in total. The van der Waals surface area contributed by atoms with Crippen molar-refractivity contribution in [2.24, 2.45) is 17.3 Å². The summed E-state index contributed by atoms with van der Waals surface area (Å²) >= 11 is 0. The van der Waals surface area contributed by atoms with Crippen molar-refractivity contribution in [3.8, 4) is 0 Å². The molecule has 1 fully saturated rings. The standard InChI is InChI=1S/C15H30O/c1-6-12(3)15(16)10-8-13(9-11-15)14(4,5)7-2/h12-13,16H,6-11H2,1-5H3. The molecule has 0 bridgehead atoms. The molecule has 1 atom stereocenters. The molecule has 0 aromatic carbocycles. The predicted molar refractivity (Wildman–Crippen MR) is 70.4 cm³/mol. The average Bonchev–Trinajstić information content (AvgIpc) is 2.28.